The van der Waals surface area contributed by atoms with Gasteiger partial charge >= 0.3 is 0 Å². The fourth-order valence-corrected chi connectivity index (χ4v) is 0.824. The molecule has 0 fully saturated rings. The summed E-state index contributed by atoms with van der Waals surface area (Å²) in [6.45, 7) is 1.86. The van der Waals surface area contributed by atoms with Crippen molar-refractivity contribution in [3.05, 3.63) is 42.0 Å². The highest BCUT2D eigenvalue weighted by atomic mass is 15.1. The van der Waals surface area contributed by atoms with Crippen LogP contribution in [0, 0.1) is 0 Å². The minimum atomic E-state index is 0.818. The summed E-state index contributed by atoms with van der Waals surface area (Å²) >= 11 is 0. The Labute approximate surface area is 72.4 Å². The lowest BCUT2D eigenvalue weighted by Crippen LogP contribution is -1.90. The van der Waals surface area contributed by atoms with Crippen LogP contribution in [-0.2, 0) is 0 Å². The summed E-state index contributed by atoms with van der Waals surface area (Å²) in [5.41, 5.74) is 1.97. The minimum Gasteiger partial charge on any atom is -0.323 e. The molecule has 1 aromatic rings. The standard InChI is InChI=1S/C10H12N2/c1-9(12-11)7-8-10-5-3-2-4-6-10/h2-8H,11H2,1H3. The smallest absolute Gasteiger partial charge is 0.0569 e. The van der Waals surface area contributed by atoms with Crippen molar-refractivity contribution >= 4 is 11.8 Å². The molecule has 1 rings (SSSR count). The van der Waals surface area contributed by atoms with Crippen LogP contribution >= 0.6 is 0 Å². The molecule has 0 spiro atoms. The fraction of sp³-hybridized carbons (Fsp3) is 0.100. The molecule has 12 heavy (non-hydrogen) atoms. The first kappa shape index (κ1) is 8.53. The van der Waals surface area contributed by atoms with Crippen LogP contribution in [0.25, 0.3) is 6.08 Å². The maximum Gasteiger partial charge on any atom is 0.0569 e. The van der Waals surface area contributed by atoms with E-state index in [1.807, 2.05) is 49.4 Å². The number of hydrogen-bond donors (Lipinski definition) is 1. The zero-order valence-corrected chi connectivity index (χ0v) is 7.07. The molecular weight excluding hydrogens is 148 g/mol. The Kier molecular flexibility index (Phi) is 3.08. The van der Waals surface area contributed by atoms with Gasteiger partial charge in [0.15, 0.2) is 0 Å². The first-order valence-electron chi connectivity index (χ1n) is 3.80. The Balaban J connectivity index is 2.70. The van der Waals surface area contributed by atoms with Gasteiger partial charge in [-0.1, -0.05) is 36.4 Å². The van der Waals surface area contributed by atoms with E-state index in [4.69, 9.17) is 5.84 Å². The van der Waals surface area contributed by atoms with Gasteiger partial charge in [0.2, 0.25) is 0 Å². The Bertz CT molecular complexity index is 286. The van der Waals surface area contributed by atoms with Crippen molar-refractivity contribution < 1.29 is 0 Å². The molecule has 0 bridgehead atoms. The molecule has 1 aromatic carbocycles. The maximum absolute atomic E-state index is 5.07. The van der Waals surface area contributed by atoms with Crippen molar-refractivity contribution in [3.63, 3.8) is 0 Å². The van der Waals surface area contributed by atoms with E-state index in [9.17, 15) is 0 Å². The molecule has 2 nitrogen and oxygen atoms in total. The lowest BCUT2D eigenvalue weighted by molar-refractivity contribution is 1.24. The molecule has 2 heteroatoms. The van der Waals surface area contributed by atoms with Crippen LogP contribution in [0.3, 0.4) is 0 Å². The average Bonchev–Trinajstić information content (AvgIpc) is 2.16. The molecule has 62 valence electrons. The Morgan fingerprint density at radius 1 is 1.33 bits per heavy atom. The van der Waals surface area contributed by atoms with E-state index in [0.29, 0.717) is 0 Å². The van der Waals surface area contributed by atoms with Gasteiger partial charge < -0.3 is 5.84 Å². The predicted octanol–water partition coefficient (Wildman–Crippen LogP) is 2.03. The largest absolute Gasteiger partial charge is 0.323 e. The van der Waals surface area contributed by atoms with Gasteiger partial charge in [-0.25, -0.2) is 0 Å². The zero-order chi connectivity index (χ0) is 8.81. The number of nitrogens with zero attached hydrogens (tertiary/aromatic N) is 1. The molecule has 0 heterocycles. The Morgan fingerprint density at radius 2 is 2.00 bits per heavy atom. The Morgan fingerprint density at radius 3 is 2.58 bits per heavy atom. The van der Waals surface area contributed by atoms with E-state index in [0.717, 1.165) is 11.3 Å². The maximum atomic E-state index is 5.07. The van der Waals surface area contributed by atoms with Crippen molar-refractivity contribution in [2.45, 2.75) is 6.92 Å². The van der Waals surface area contributed by atoms with Gasteiger partial charge in [0.05, 0.1) is 5.71 Å². The molecule has 0 amide bonds. The highest BCUT2D eigenvalue weighted by molar-refractivity contribution is 5.96. The normalized spacial score (nSPS) is 12.2. The monoisotopic (exact) mass is 160 g/mol. The molecule has 2 N–H and O–H groups in total. The van der Waals surface area contributed by atoms with Gasteiger partial charge in [-0.05, 0) is 18.6 Å². The lowest BCUT2D eigenvalue weighted by Gasteiger charge is -1.90. The van der Waals surface area contributed by atoms with Crippen molar-refractivity contribution in [1.29, 1.82) is 0 Å². The van der Waals surface area contributed by atoms with Crippen LogP contribution in [0.15, 0.2) is 41.5 Å². The SMILES string of the molecule is CC(C=Cc1ccccc1)=NN. The van der Waals surface area contributed by atoms with Crippen LogP contribution in [0.1, 0.15) is 12.5 Å². The molecule has 0 aliphatic rings. The molecule has 0 atom stereocenters. The number of rotatable bonds is 2. The molecule has 0 aliphatic carbocycles. The fourth-order valence-electron chi connectivity index (χ4n) is 0.824. The minimum absolute atomic E-state index is 0.818. The van der Waals surface area contributed by atoms with Crippen LogP contribution in [0.5, 0.6) is 0 Å². The molecule has 0 saturated heterocycles. The van der Waals surface area contributed by atoms with Crippen LogP contribution in [0.4, 0.5) is 0 Å². The van der Waals surface area contributed by atoms with E-state index in [-0.39, 0.29) is 0 Å². The zero-order valence-electron chi connectivity index (χ0n) is 7.07. The topological polar surface area (TPSA) is 38.4 Å². The average molecular weight is 160 g/mol. The summed E-state index contributed by atoms with van der Waals surface area (Å²) in [6, 6.07) is 10.0. The van der Waals surface area contributed by atoms with Gasteiger partial charge in [0, 0.05) is 0 Å². The molecule has 0 aromatic heterocycles. The third-order valence-corrected chi connectivity index (χ3v) is 1.52. The van der Waals surface area contributed by atoms with E-state index in [1.165, 1.54) is 0 Å². The molecule has 0 saturated carbocycles. The van der Waals surface area contributed by atoms with Crippen molar-refractivity contribution in [2.75, 3.05) is 0 Å². The first-order valence-corrected chi connectivity index (χ1v) is 3.80. The summed E-state index contributed by atoms with van der Waals surface area (Å²) in [6.07, 6.45) is 3.86. The number of hydrogen-bond acceptors (Lipinski definition) is 2. The first-order chi connectivity index (χ1) is 5.83. The Hall–Kier alpha value is -1.57. The van der Waals surface area contributed by atoms with Crippen LogP contribution in [-0.4, -0.2) is 5.71 Å². The summed E-state index contributed by atoms with van der Waals surface area (Å²) < 4.78 is 0. The number of nitrogens with two attached hydrogens (primary N) is 1. The highest BCUT2D eigenvalue weighted by Gasteiger charge is 1.83. The number of benzene rings is 1. The van der Waals surface area contributed by atoms with E-state index in [2.05, 4.69) is 5.10 Å². The van der Waals surface area contributed by atoms with Crippen molar-refractivity contribution in [2.24, 2.45) is 10.9 Å². The van der Waals surface area contributed by atoms with Crippen molar-refractivity contribution in [1.82, 2.24) is 0 Å². The summed E-state index contributed by atoms with van der Waals surface area (Å²) in [7, 11) is 0. The second kappa shape index (κ2) is 4.34. The van der Waals surface area contributed by atoms with Crippen LogP contribution in [0.2, 0.25) is 0 Å². The van der Waals surface area contributed by atoms with Gasteiger partial charge in [0.25, 0.3) is 0 Å². The second-order valence-electron chi connectivity index (χ2n) is 2.51. The predicted molar refractivity (Wildman–Crippen MR) is 52.8 cm³/mol. The molecule has 0 aliphatic heterocycles. The third-order valence-electron chi connectivity index (χ3n) is 1.52. The van der Waals surface area contributed by atoms with Gasteiger partial charge in [0.1, 0.15) is 0 Å². The molecule has 0 radical (unpaired) electrons. The summed E-state index contributed by atoms with van der Waals surface area (Å²) in [5.74, 6) is 5.07. The van der Waals surface area contributed by atoms with E-state index < -0.39 is 0 Å². The van der Waals surface area contributed by atoms with E-state index in [1.54, 1.807) is 0 Å². The highest BCUT2D eigenvalue weighted by Crippen LogP contribution is 2.00. The second-order valence-corrected chi connectivity index (χ2v) is 2.51. The molecule has 0 unspecified atom stereocenters. The van der Waals surface area contributed by atoms with Gasteiger partial charge in [-0.2, -0.15) is 5.10 Å². The van der Waals surface area contributed by atoms with Crippen molar-refractivity contribution in [3.8, 4) is 0 Å². The summed E-state index contributed by atoms with van der Waals surface area (Å²) in [5, 5.41) is 3.53. The third kappa shape index (κ3) is 2.58. The van der Waals surface area contributed by atoms with Gasteiger partial charge in [-0.15, -0.1) is 0 Å². The number of allylic oxidation sites excluding steroid dienone is 1. The quantitative estimate of drug-likeness (QED) is 0.401. The molecular formula is C10H12N2. The van der Waals surface area contributed by atoms with Crippen LogP contribution < -0.4 is 5.84 Å². The van der Waals surface area contributed by atoms with E-state index >= 15 is 0 Å². The number of hydrazone groups is 1. The van der Waals surface area contributed by atoms with Gasteiger partial charge in [-0.3, -0.25) is 0 Å². The lowest BCUT2D eigenvalue weighted by atomic mass is 10.2. The summed E-state index contributed by atoms with van der Waals surface area (Å²) in [4.78, 5) is 0.